The van der Waals surface area contributed by atoms with Crippen LogP contribution >= 0.6 is 23.5 Å². The van der Waals surface area contributed by atoms with E-state index in [0.29, 0.717) is 47.3 Å². The molecule has 43 heavy (non-hydrogen) atoms. The molecule has 244 valence electrons. The molecule has 5 unspecified atom stereocenters. The third-order valence-corrected chi connectivity index (χ3v) is 15.9. The van der Waals surface area contributed by atoms with Crippen molar-refractivity contribution in [1.82, 2.24) is 0 Å². The third-order valence-electron chi connectivity index (χ3n) is 13.4. The van der Waals surface area contributed by atoms with Gasteiger partial charge in [-0.25, -0.2) is 19.6 Å². The molecule has 9 heteroatoms. The average Bonchev–Trinajstić information content (AvgIpc) is 3.37. The Kier molecular flexibility index (Phi) is 8.25. The van der Waals surface area contributed by atoms with Crippen molar-refractivity contribution >= 4 is 23.5 Å². The summed E-state index contributed by atoms with van der Waals surface area (Å²) in [7, 11) is 0. The SMILES string of the molecule is C[C@@H]1CC[C@H]2[C@@H](CSCCCSC[C@H]3CO[C@@H]4OC5(C)CC[C@H]6[C@H](C)CC[C@@H]3C46OO5)CO[C@@H]3CC4(C)CCC1C32OO4. The highest BCUT2D eigenvalue weighted by Gasteiger charge is 2.69. The van der Waals surface area contributed by atoms with Crippen LogP contribution in [0.1, 0.15) is 91.9 Å². The van der Waals surface area contributed by atoms with Gasteiger partial charge in [-0.1, -0.05) is 13.8 Å². The van der Waals surface area contributed by atoms with Crippen LogP contribution in [0.25, 0.3) is 0 Å². The Bertz CT molecular complexity index is 957. The van der Waals surface area contributed by atoms with Crippen LogP contribution < -0.4 is 0 Å². The molecule has 10 fully saturated rings. The Morgan fingerprint density at radius 1 is 0.651 bits per heavy atom. The zero-order valence-corrected chi connectivity index (χ0v) is 28.4. The molecule has 7 aliphatic heterocycles. The zero-order chi connectivity index (χ0) is 29.5. The van der Waals surface area contributed by atoms with E-state index >= 15 is 0 Å². The van der Waals surface area contributed by atoms with Gasteiger partial charge in [-0.2, -0.15) is 23.5 Å². The largest absolute Gasteiger partial charge is 0.375 e. The van der Waals surface area contributed by atoms with Crippen molar-refractivity contribution in [3.63, 3.8) is 0 Å². The molecule has 10 aliphatic rings. The van der Waals surface area contributed by atoms with E-state index in [1.54, 1.807) is 0 Å². The van der Waals surface area contributed by atoms with Crippen LogP contribution in [0.3, 0.4) is 0 Å². The van der Waals surface area contributed by atoms with Gasteiger partial charge in [0.2, 0.25) is 5.79 Å². The second-order valence-corrected chi connectivity index (χ2v) is 18.4. The van der Waals surface area contributed by atoms with E-state index in [1.165, 1.54) is 55.8 Å². The normalized spacial score (nSPS) is 55.3. The van der Waals surface area contributed by atoms with Crippen LogP contribution in [-0.4, -0.2) is 71.2 Å². The van der Waals surface area contributed by atoms with Gasteiger partial charge in [-0.3, -0.25) is 0 Å². The Morgan fingerprint density at radius 2 is 1.28 bits per heavy atom. The van der Waals surface area contributed by atoms with Gasteiger partial charge in [0.1, 0.15) is 11.2 Å². The molecule has 0 radical (unpaired) electrons. The molecule has 0 amide bonds. The molecule has 0 aromatic heterocycles. The maximum atomic E-state index is 6.66. The summed E-state index contributed by atoms with van der Waals surface area (Å²) in [4.78, 5) is 25.0. The Labute approximate surface area is 267 Å². The van der Waals surface area contributed by atoms with Crippen molar-refractivity contribution in [3.8, 4) is 0 Å². The van der Waals surface area contributed by atoms with Crippen molar-refractivity contribution in [2.75, 3.05) is 36.2 Å². The van der Waals surface area contributed by atoms with Gasteiger partial charge in [0.25, 0.3) is 0 Å². The molecule has 14 atom stereocenters. The number of hydrogen-bond donors (Lipinski definition) is 0. The molecule has 2 spiro atoms. The maximum Gasteiger partial charge on any atom is 0.201 e. The number of ether oxygens (including phenoxy) is 3. The Balaban J connectivity index is 0.826. The molecular formula is C34H54O7S2. The first-order valence-corrected chi connectivity index (χ1v) is 19.9. The molecule has 7 nitrogen and oxygen atoms in total. The lowest BCUT2D eigenvalue weighted by atomic mass is 9.57. The summed E-state index contributed by atoms with van der Waals surface area (Å²) < 4.78 is 19.5. The van der Waals surface area contributed by atoms with Crippen LogP contribution in [0.2, 0.25) is 0 Å². The van der Waals surface area contributed by atoms with Crippen LogP contribution in [0.4, 0.5) is 0 Å². The maximum absolute atomic E-state index is 6.66. The molecule has 10 rings (SSSR count). The molecule has 4 bridgehead atoms. The second-order valence-electron chi connectivity index (χ2n) is 16.1. The number of thioether (sulfide) groups is 2. The monoisotopic (exact) mass is 638 g/mol. The van der Waals surface area contributed by atoms with Crippen molar-refractivity contribution < 1.29 is 33.8 Å². The second kappa shape index (κ2) is 11.5. The summed E-state index contributed by atoms with van der Waals surface area (Å²) >= 11 is 4.23. The van der Waals surface area contributed by atoms with Crippen molar-refractivity contribution in [3.05, 3.63) is 0 Å². The third kappa shape index (κ3) is 4.94. The van der Waals surface area contributed by atoms with E-state index in [2.05, 4.69) is 44.3 Å². The summed E-state index contributed by atoms with van der Waals surface area (Å²) in [6.45, 7) is 10.7. The van der Waals surface area contributed by atoms with E-state index in [4.69, 9.17) is 33.8 Å². The highest BCUT2D eigenvalue weighted by Crippen LogP contribution is 2.62. The van der Waals surface area contributed by atoms with E-state index in [-0.39, 0.29) is 23.6 Å². The highest BCUT2D eigenvalue weighted by molar-refractivity contribution is 8.00. The summed E-state index contributed by atoms with van der Waals surface area (Å²) in [6, 6.07) is 0. The van der Waals surface area contributed by atoms with Crippen molar-refractivity contribution in [2.45, 2.75) is 127 Å². The van der Waals surface area contributed by atoms with Gasteiger partial charge in [0.15, 0.2) is 11.9 Å². The van der Waals surface area contributed by atoms with Gasteiger partial charge >= 0.3 is 0 Å². The Hall–Kier alpha value is 0.420. The standard InChI is InChI=1S/C34H54O7S2/c1-21-6-8-27-23(17-35-29-16-31(3)12-10-25(21)33(27,29)40-38-31)19-42-14-5-15-43-20-24-18-36-30-34-26(22(2)7-9-28(24)34)11-13-32(4,37-30)39-41-34/h21-30H,5-20H2,1-4H3/t21-,22-,23-,24-,25?,26+,27+,28+,29-,30-,31?,32?,33?,34?/m1/s1. The lowest BCUT2D eigenvalue weighted by Gasteiger charge is -2.60. The molecule has 3 aliphatic carbocycles. The van der Waals surface area contributed by atoms with Crippen LogP contribution in [0.5, 0.6) is 0 Å². The summed E-state index contributed by atoms with van der Waals surface area (Å²) in [6.07, 6.45) is 11.4. The predicted molar refractivity (Wildman–Crippen MR) is 167 cm³/mol. The molecule has 7 heterocycles. The molecule has 7 saturated heterocycles. The lowest BCUT2D eigenvalue weighted by molar-refractivity contribution is -0.566. The van der Waals surface area contributed by atoms with E-state index in [0.717, 1.165) is 44.6 Å². The number of rotatable bonds is 8. The van der Waals surface area contributed by atoms with E-state index in [9.17, 15) is 0 Å². The first kappa shape index (κ1) is 30.7. The summed E-state index contributed by atoms with van der Waals surface area (Å²) in [5.74, 6) is 8.39. The van der Waals surface area contributed by atoms with Gasteiger partial charge in [0.05, 0.1) is 19.3 Å². The molecule has 3 saturated carbocycles. The van der Waals surface area contributed by atoms with Gasteiger partial charge < -0.3 is 14.2 Å². The van der Waals surface area contributed by atoms with Gasteiger partial charge in [0, 0.05) is 18.8 Å². The molecule has 0 aromatic carbocycles. The number of hydrogen-bond acceptors (Lipinski definition) is 9. The van der Waals surface area contributed by atoms with E-state index < -0.39 is 11.4 Å². The minimum absolute atomic E-state index is 0.179. The van der Waals surface area contributed by atoms with Crippen molar-refractivity contribution in [1.29, 1.82) is 0 Å². The first-order chi connectivity index (χ1) is 20.8. The molecular weight excluding hydrogens is 585 g/mol. The van der Waals surface area contributed by atoms with Crippen molar-refractivity contribution in [2.24, 2.45) is 47.3 Å². The quantitative estimate of drug-likeness (QED) is 0.206. The smallest absolute Gasteiger partial charge is 0.201 e. The first-order valence-electron chi connectivity index (χ1n) is 17.6. The Morgan fingerprint density at radius 3 is 2.02 bits per heavy atom. The van der Waals surface area contributed by atoms with Crippen LogP contribution in [-0.2, 0) is 33.8 Å². The zero-order valence-electron chi connectivity index (χ0n) is 26.8. The lowest BCUT2D eigenvalue weighted by Crippen LogP contribution is -2.69. The highest BCUT2D eigenvalue weighted by atomic mass is 32.2. The van der Waals surface area contributed by atoms with Gasteiger partial charge in [-0.15, -0.1) is 0 Å². The molecule has 0 aromatic rings. The minimum atomic E-state index is -0.673. The molecule has 0 N–H and O–H groups in total. The van der Waals surface area contributed by atoms with Crippen LogP contribution in [0.15, 0.2) is 0 Å². The fourth-order valence-corrected chi connectivity index (χ4v) is 13.5. The van der Waals surface area contributed by atoms with E-state index in [1.807, 2.05) is 6.92 Å². The number of fused-ring (bicyclic) bond motifs is 4. The summed E-state index contributed by atoms with van der Waals surface area (Å²) in [5.41, 5.74) is -0.842. The fraction of sp³-hybridized carbons (Fsp3) is 1.00. The topological polar surface area (TPSA) is 64.6 Å². The minimum Gasteiger partial charge on any atom is -0.375 e. The predicted octanol–water partition coefficient (Wildman–Crippen LogP) is 7.03. The average molecular weight is 639 g/mol. The fourth-order valence-electron chi connectivity index (χ4n) is 11.1. The summed E-state index contributed by atoms with van der Waals surface area (Å²) in [5, 5.41) is 0. The van der Waals surface area contributed by atoms with Crippen LogP contribution in [0, 0.1) is 47.3 Å². The van der Waals surface area contributed by atoms with Gasteiger partial charge in [-0.05, 0) is 130 Å².